The molecule has 0 aliphatic carbocycles. The quantitative estimate of drug-likeness (QED) is 0.170. The number of benzene rings is 2. The lowest BCUT2D eigenvalue weighted by atomic mass is 9.80. The molecule has 2 aliphatic rings. The fourth-order valence-corrected chi connectivity index (χ4v) is 7.36. The van der Waals surface area contributed by atoms with Crippen molar-refractivity contribution in [2.75, 3.05) is 52.5 Å². The number of methoxy groups -OCH3 is 3. The van der Waals surface area contributed by atoms with Crippen molar-refractivity contribution in [2.45, 2.75) is 50.7 Å². The van der Waals surface area contributed by atoms with Gasteiger partial charge in [0.15, 0.2) is 5.78 Å². The summed E-state index contributed by atoms with van der Waals surface area (Å²) in [6.45, 7) is 2.11. The first-order valence-electron chi connectivity index (χ1n) is 15.9. The van der Waals surface area contributed by atoms with Crippen LogP contribution in [0, 0.1) is 11.7 Å². The van der Waals surface area contributed by atoms with Gasteiger partial charge in [0.05, 0.1) is 26.7 Å². The number of carbonyl (C=O) groups is 2. The lowest BCUT2D eigenvalue weighted by molar-refractivity contribution is -0.120. The first-order valence-corrected chi connectivity index (χ1v) is 16.4. The molecule has 48 heavy (non-hydrogen) atoms. The summed E-state index contributed by atoms with van der Waals surface area (Å²) in [5, 5.41) is 0.504. The van der Waals surface area contributed by atoms with Gasteiger partial charge >= 0.3 is 6.61 Å². The molecule has 258 valence electrons. The smallest absolute Gasteiger partial charge is 0.387 e. The van der Waals surface area contributed by atoms with Crippen molar-refractivity contribution in [3.05, 3.63) is 71.2 Å². The third kappa shape index (κ3) is 7.77. The Morgan fingerprint density at radius 2 is 1.67 bits per heavy atom. The minimum atomic E-state index is -3.00. The third-order valence-electron chi connectivity index (χ3n) is 9.33. The zero-order chi connectivity index (χ0) is 34.5. The van der Waals surface area contributed by atoms with Gasteiger partial charge in [0.1, 0.15) is 28.9 Å². The summed E-state index contributed by atoms with van der Waals surface area (Å²) in [4.78, 5) is 36.9. The highest BCUT2D eigenvalue weighted by Gasteiger charge is 2.50. The molecule has 2 fully saturated rings. The molecule has 1 unspecified atom stereocenters. The Morgan fingerprint density at radius 1 is 1.00 bits per heavy atom. The molecular formula is C35H41F3N3O6P. The molecule has 0 bridgehead atoms. The van der Waals surface area contributed by atoms with E-state index in [0.29, 0.717) is 29.2 Å². The highest BCUT2D eigenvalue weighted by molar-refractivity contribution is 7.27. The summed E-state index contributed by atoms with van der Waals surface area (Å²) < 4.78 is 61.8. The molecule has 3 heterocycles. The summed E-state index contributed by atoms with van der Waals surface area (Å²) in [5.74, 6) is -1.73. The number of aromatic nitrogens is 1. The molecule has 0 saturated carbocycles. The molecule has 3 aromatic rings. The molecule has 1 amide bonds. The number of rotatable bonds is 13. The number of hydrogen-bond donors (Lipinski definition) is 0. The number of likely N-dealkylation sites (tertiary alicyclic amines) is 1. The SMILES string of the molecule is COCCN1CCC(c2cc(OC)cc(N3C(=O)[C@@H](CC(=O)c4ccc(OC(F)F)cc4)[C@H](c4c(F)cc(OC)cc4P)[C@@H]3C)n2)CC1. The first kappa shape index (κ1) is 35.6. The van der Waals surface area contributed by atoms with Crippen LogP contribution < -0.4 is 24.4 Å². The Morgan fingerprint density at radius 3 is 2.27 bits per heavy atom. The van der Waals surface area contributed by atoms with Gasteiger partial charge in [0.25, 0.3) is 0 Å². The van der Waals surface area contributed by atoms with Crippen molar-refractivity contribution in [3.63, 3.8) is 0 Å². The molecule has 4 atom stereocenters. The second-order valence-electron chi connectivity index (χ2n) is 12.1. The number of pyridine rings is 1. The first-order chi connectivity index (χ1) is 23.0. The minimum absolute atomic E-state index is 0.0929. The van der Waals surface area contributed by atoms with Crippen LogP contribution in [-0.2, 0) is 9.53 Å². The van der Waals surface area contributed by atoms with E-state index in [1.54, 1.807) is 31.3 Å². The average molecular weight is 688 g/mol. The van der Waals surface area contributed by atoms with Crippen LogP contribution in [-0.4, -0.2) is 81.8 Å². The van der Waals surface area contributed by atoms with E-state index in [4.69, 9.17) is 19.2 Å². The molecule has 13 heteroatoms. The molecule has 0 spiro atoms. The van der Waals surface area contributed by atoms with Gasteiger partial charge < -0.3 is 23.8 Å². The Labute approximate surface area is 280 Å². The van der Waals surface area contributed by atoms with Crippen LogP contribution in [0.1, 0.15) is 59.6 Å². The lowest BCUT2D eigenvalue weighted by Crippen LogP contribution is -2.36. The maximum atomic E-state index is 15.9. The maximum absolute atomic E-state index is 15.9. The zero-order valence-electron chi connectivity index (χ0n) is 27.5. The van der Waals surface area contributed by atoms with Crippen molar-refractivity contribution in [1.82, 2.24) is 9.88 Å². The van der Waals surface area contributed by atoms with Crippen LogP contribution in [0.15, 0.2) is 48.5 Å². The van der Waals surface area contributed by atoms with Crippen LogP contribution in [0.4, 0.5) is 19.0 Å². The number of anilines is 1. The second-order valence-corrected chi connectivity index (χ2v) is 12.7. The summed E-state index contributed by atoms with van der Waals surface area (Å²) in [6.07, 6.45) is 1.51. The maximum Gasteiger partial charge on any atom is 0.387 e. The monoisotopic (exact) mass is 687 g/mol. The predicted molar refractivity (Wildman–Crippen MR) is 179 cm³/mol. The van der Waals surface area contributed by atoms with Crippen LogP contribution in [0.2, 0.25) is 0 Å². The van der Waals surface area contributed by atoms with Crippen molar-refractivity contribution in [1.29, 1.82) is 0 Å². The summed E-state index contributed by atoms with van der Waals surface area (Å²) in [7, 11) is 7.21. The Balaban J connectivity index is 1.50. The number of carbonyl (C=O) groups excluding carboxylic acids is 2. The van der Waals surface area contributed by atoms with Gasteiger partial charge in [-0.05, 0) is 68.5 Å². The number of ether oxygens (including phenoxy) is 4. The van der Waals surface area contributed by atoms with Crippen molar-refractivity contribution in [3.8, 4) is 17.2 Å². The molecule has 1 aromatic heterocycles. The molecule has 2 aliphatic heterocycles. The fraction of sp³-hybridized carbons (Fsp3) is 0.457. The number of halogens is 3. The van der Waals surface area contributed by atoms with Gasteiger partial charge in [0, 0.05) is 73.0 Å². The number of hydrogen-bond acceptors (Lipinski definition) is 8. The normalized spacial score (nSPS) is 20.4. The van der Waals surface area contributed by atoms with E-state index in [0.717, 1.165) is 38.2 Å². The van der Waals surface area contributed by atoms with Gasteiger partial charge in [0.2, 0.25) is 5.91 Å². The number of amides is 1. The number of alkyl halides is 2. The van der Waals surface area contributed by atoms with E-state index in [2.05, 4.69) is 18.9 Å². The minimum Gasteiger partial charge on any atom is -0.497 e. The molecule has 2 aromatic carbocycles. The van der Waals surface area contributed by atoms with E-state index in [1.165, 1.54) is 37.4 Å². The number of ketones is 1. The zero-order valence-corrected chi connectivity index (χ0v) is 28.6. The summed E-state index contributed by atoms with van der Waals surface area (Å²) in [6, 6.07) is 11.2. The van der Waals surface area contributed by atoms with E-state index in [1.807, 2.05) is 13.0 Å². The average Bonchev–Trinajstić information content (AvgIpc) is 3.31. The Kier molecular flexibility index (Phi) is 11.6. The van der Waals surface area contributed by atoms with Gasteiger partial charge in [-0.2, -0.15) is 8.78 Å². The molecule has 0 N–H and O–H groups in total. The van der Waals surface area contributed by atoms with E-state index >= 15 is 4.39 Å². The Bertz CT molecular complexity index is 1580. The van der Waals surface area contributed by atoms with Crippen molar-refractivity contribution in [2.24, 2.45) is 5.92 Å². The molecule has 2 saturated heterocycles. The largest absolute Gasteiger partial charge is 0.497 e. The van der Waals surface area contributed by atoms with Crippen LogP contribution >= 0.6 is 9.24 Å². The third-order valence-corrected chi connectivity index (χ3v) is 9.81. The number of nitrogens with zero attached hydrogens (tertiary/aromatic N) is 3. The standard InChI is InChI=1S/C35H41F3N3O6P/c1-20-32(33-27(36)15-24(45-3)17-30(33)48)26(19-29(42)22-5-7-23(8-6-22)47-35(37)38)34(43)41(20)31-18-25(46-4)16-28(39-31)21-9-11-40(12-10-21)13-14-44-2/h5-8,15-18,20-21,26,32,35H,9-14,19,48H2,1-4H3/t20-,26-,32+/m0/s1. The second kappa shape index (κ2) is 15.7. The molecule has 9 nitrogen and oxygen atoms in total. The molecular weight excluding hydrogens is 646 g/mol. The van der Waals surface area contributed by atoms with Crippen LogP contribution in [0.3, 0.4) is 0 Å². The Hall–Kier alpha value is -3.73. The topological polar surface area (TPSA) is 90.4 Å². The molecule has 0 radical (unpaired) electrons. The van der Waals surface area contributed by atoms with E-state index < -0.39 is 36.1 Å². The lowest BCUT2D eigenvalue weighted by Gasteiger charge is -2.32. The number of piperidine rings is 1. The van der Waals surface area contributed by atoms with Crippen LogP contribution in [0.25, 0.3) is 0 Å². The van der Waals surface area contributed by atoms with Crippen LogP contribution in [0.5, 0.6) is 17.2 Å². The van der Waals surface area contributed by atoms with Gasteiger partial charge in [-0.1, -0.05) is 0 Å². The van der Waals surface area contributed by atoms with Gasteiger partial charge in [-0.15, -0.1) is 9.24 Å². The van der Waals surface area contributed by atoms with Crippen molar-refractivity contribution < 1.29 is 41.7 Å². The van der Waals surface area contributed by atoms with Gasteiger partial charge in [-0.25, -0.2) is 9.37 Å². The highest BCUT2D eigenvalue weighted by Crippen LogP contribution is 2.45. The van der Waals surface area contributed by atoms with E-state index in [9.17, 15) is 18.4 Å². The predicted octanol–water partition coefficient (Wildman–Crippen LogP) is 5.57. The summed E-state index contributed by atoms with van der Waals surface area (Å²) in [5.41, 5.74) is 1.31. The number of Topliss-reactive ketones (excluding diaryl/α,β-unsaturated/α-hetero) is 1. The summed E-state index contributed by atoms with van der Waals surface area (Å²) >= 11 is 0. The van der Waals surface area contributed by atoms with E-state index in [-0.39, 0.29) is 35.1 Å². The molecule has 5 rings (SSSR count). The van der Waals surface area contributed by atoms with Gasteiger partial charge in [-0.3, -0.25) is 14.5 Å². The highest BCUT2D eigenvalue weighted by atomic mass is 31.0. The fourth-order valence-electron chi connectivity index (χ4n) is 6.87. The van der Waals surface area contributed by atoms with Crippen molar-refractivity contribution >= 4 is 32.1 Å².